The Morgan fingerprint density at radius 3 is 2.39 bits per heavy atom. The van der Waals surface area contributed by atoms with E-state index in [1.165, 1.54) is 31.4 Å². The first-order valence-corrected chi connectivity index (χ1v) is 6.67. The van der Waals surface area contributed by atoms with Gasteiger partial charge >= 0.3 is 0 Å². The lowest BCUT2D eigenvalue weighted by molar-refractivity contribution is 0.0992. The monoisotopic (exact) mass is 240 g/mol. The number of benzene rings is 1. The van der Waals surface area contributed by atoms with Crippen LogP contribution in [0.4, 0.5) is 0 Å². The molecule has 3 rings (SSSR count). The van der Waals surface area contributed by atoms with Crippen molar-refractivity contribution < 1.29 is 9.59 Å². The van der Waals surface area contributed by atoms with Gasteiger partial charge < -0.3 is 0 Å². The summed E-state index contributed by atoms with van der Waals surface area (Å²) in [7, 11) is 0. The van der Waals surface area contributed by atoms with Gasteiger partial charge in [0.05, 0.1) is 0 Å². The fourth-order valence-electron chi connectivity index (χ4n) is 3.13. The number of ketones is 2. The van der Waals surface area contributed by atoms with Crippen molar-refractivity contribution in [3.63, 3.8) is 0 Å². The molecule has 0 aromatic heterocycles. The molecule has 2 heteroatoms. The lowest BCUT2D eigenvalue weighted by Crippen LogP contribution is -2.17. The molecule has 0 saturated heterocycles. The standard InChI is InChI=1S/C16H16O2/c17-14-9-10-15(18)16-12(7-4-8-13(14)16)11-5-2-1-3-6-11/h4,7-11H,1-3,5-6H2. The van der Waals surface area contributed by atoms with Crippen LogP contribution < -0.4 is 0 Å². The highest BCUT2D eigenvalue weighted by atomic mass is 16.1. The number of fused-ring (bicyclic) bond motifs is 1. The van der Waals surface area contributed by atoms with Gasteiger partial charge in [0, 0.05) is 11.1 Å². The second kappa shape index (κ2) is 4.52. The van der Waals surface area contributed by atoms with E-state index in [0.717, 1.165) is 18.4 Å². The minimum Gasteiger partial charge on any atom is -0.289 e. The van der Waals surface area contributed by atoms with Crippen molar-refractivity contribution in [1.82, 2.24) is 0 Å². The van der Waals surface area contributed by atoms with Crippen LogP contribution in [-0.4, -0.2) is 11.6 Å². The Morgan fingerprint density at radius 1 is 0.889 bits per heavy atom. The van der Waals surface area contributed by atoms with Gasteiger partial charge in [0.25, 0.3) is 0 Å². The summed E-state index contributed by atoms with van der Waals surface area (Å²) in [6, 6.07) is 5.71. The Bertz CT molecular complexity index is 534. The second-order valence-corrected chi connectivity index (χ2v) is 5.17. The lowest BCUT2D eigenvalue weighted by atomic mass is 9.78. The summed E-state index contributed by atoms with van der Waals surface area (Å²) in [5.74, 6) is 0.407. The van der Waals surface area contributed by atoms with Gasteiger partial charge in [-0.3, -0.25) is 9.59 Å². The molecule has 2 nitrogen and oxygen atoms in total. The topological polar surface area (TPSA) is 34.1 Å². The van der Waals surface area contributed by atoms with Crippen molar-refractivity contribution in [3.05, 3.63) is 47.0 Å². The number of allylic oxidation sites excluding steroid dienone is 2. The molecule has 0 atom stereocenters. The largest absolute Gasteiger partial charge is 0.289 e. The van der Waals surface area contributed by atoms with E-state index in [1.54, 1.807) is 6.07 Å². The Balaban J connectivity index is 2.09. The Morgan fingerprint density at radius 2 is 1.61 bits per heavy atom. The van der Waals surface area contributed by atoms with Crippen molar-refractivity contribution in [1.29, 1.82) is 0 Å². The van der Waals surface area contributed by atoms with E-state index in [4.69, 9.17) is 0 Å². The second-order valence-electron chi connectivity index (χ2n) is 5.17. The summed E-state index contributed by atoms with van der Waals surface area (Å²) in [6.45, 7) is 0. The Labute approximate surface area is 107 Å². The molecular weight excluding hydrogens is 224 g/mol. The zero-order valence-corrected chi connectivity index (χ0v) is 10.3. The molecule has 1 aromatic rings. The molecule has 2 aliphatic carbocycles. The first-order chi connectivity index (χ1) is 8.77. The average molecular weight is 240 g/mol. The number of carbonyl (C=O) groups is 2. The van der Waals surface area contributed by atoms with Crippen molar-refractivity contribution in [2.75, 3.05) is 0 Å². The normalized spacial score (nSPS) is 20.0. The molecule has 0 spiro atoms. The third kappa shape index (κ3) is 1.82. The maximum absolute atomic E-state index is 12.1. The van der Waals surface area contributed by atoms with Crippen molar-refractivity contribution in [2.45, 2.75) is 38.0 Å². The molecule has 18 heavy (non-hydrogen) atoms. The minimum atomic E-state index is -0.0396. The number of rotatable bonds is 1. The van der Waals surface area contributed by atoms with Crippen LogP contribution in [0.5, 0.6) is 0 Å². The van der Waals surface area contributed by atoms with Crippen LogP contribution in [0.25, 0.3) is 0 Å². The highest BCUT2D eigenvalue weighted by molar-refractivity contribution is 6.22. The van der Waals surface area contributed by atoms with E-state index in [2.05, 4.69) is 0 Å². The smallest absolute Gasteiger partial charge is 0.187 e. The molecular formula is C16H16O2. The van der Waals surface area contributed by atoms with Crippen LogP contribution in [-0.2, 0) is 0 Å². The molecule has 0 unspecified atom stereocenters. The van der Waals surface area contributed by atoms with E-state index >= 15 is 0 Å². The zero-order chi connectivity index (χ0) is 12.5. The SMILES string of the molecule is O=C1C=CC(=O)c2c1cccc2C1CCCCC1. The average Bonchev–Trinajstić information content (AvgIpc) is 2.43. The van der Waals surface area contributed by atoms with Gasteiger partial charge in [0.15, 0.2) is 11.6 Å². The lowest BCUT2D eigenvalue weighted by Gasteiger charge is -2.25. The van der Waals surface area contributed by atoms with E-state index in [0.29, 0.717) is 17.0 Å². The van der Waals surface area contributed by atoms with Gasteiger partial charge in [-0.15, -0.1) is 0 Å². The molecule has 1 saturated carbocycles. The van der Waals surface area contributed by atoms with Crippen molar-refractivity contribution in [3.8, 4) is 0 Å². The summed E-state index contributed by atoms with van der Waals surface area (Å²) < 4.78 is 0. The molecule has 92 valence electrons. The Kier molecular flexibility index (Phi) is 2.86. The van der Waals surface area contributed by atoms with Crippen molar-refractivity contribution in [2.24, 2.45) is 0 Å². The molecule has 2 aliphatic rings. The Hall–Kier alpha value is -1.70. The molecule has 1 fully saturated rings. The highest BCUT2D eigenvalue weighted by Crippen LogP contribution is 2.36. The molecule has 0 heterocycles. The molecule has 0 bridgehead atoms. The van der Waals surface area contributed by atoms with E-state index in [-0.39, 0.29) is 11.6 Å². The van der Waals surface area contributed by atoms with E-state index in [1.807, 2.05) is 12.1 Å². The summed E-state index contributed by atoms with van der Waals surface area (Å²) in [4.78, 5) is 23.9. The summed E-state index contributed by atoms with van der Waals surface area (Å²) in [5.41, 5.74) is 2.34. The fraction of sp³-hybridized carbons (Fsp3) is 0.375. The fourth-order valence-corrected chi connectivity index (χ4v) is 3.13. The third-order valence-electron chi connectivity index (χ3n) is 4.04. The van der Waals surface area contributed by atoms with Gasteiger partial charge in [-0.25, -0.2) is 0 Å². The van der Waals surface area contributed by atoms with Gasteiger partial charge in [0.1, 0.15) is 0 Å². The predicted molar refractivity (Wildman–Crippen MR) is 70.1 cm³/mol. The molecule has 0 radical (unpaired) electrons. The van der Waals surface area contributed by atoms with Crippen LogP contribution in [0.3, 0.4) is 0 Å². The maximum atomic E-state index is 12.1. The van der Waals surface area contributed by atoms with Crippen LogP contribution in [0.15, 0.2) is 30.4 Å². The highest BCUT2D eigenvalue weighted by Gasteiger charge is 2.26. The van der Waals surface area contributed by atoms with Crippen LogP contribution >= 0.6 is 0 Å². The summed E-state index contributed by atoms with van der Waals surface area (Å²) in [5, 5.41) is 0. The summed E-state index contributed by atoms with van der Waals surface area (Å²) in [6.07, 6.45) is 8.83. The predicted octanol–water partition coefficient (Wildman–Crippen LogP) is 3.67. The van der Waals surface area contributed by atoms with Gasteiger partial charge in [-0.1, -0.05) is 37.5 Å². The minimum absolute atomic E-state index is 0.00854. The van der Waals surface area contributed by atoms with Crippen LogP contribution in [0.1, 0.15) is 64.3 Å². The quantitative estimate of drug-likeness (QED) is 0.750. The number of carbonyl (C=O) groups excluding carboxylic acids is 2. The molecule has 0 aliphatic heterocycles. The first kappa shape index (κ1) is 11.4. The first-order valence-electron chi connectivity index (χ1n) is 6.67. The number of hydrogen-bond donors (Lipinski definition) is 0. The van der Waals surface area contributed by atoms with Crippen LogP contribution in [0.2, 0.25) is 0 Å². The molecule has 1 aromatic carbocycles. The zero-order valence-electron chi connectivity index (χ0n) is 10.3. The number of hydrogen-bond acceptors (Lipinski definition) is 2. The molecule has 0 N–H and O–H groups in total. The summed E-state index contributed by atoms with van der Waals surface area (Å²) >= 11 is 0. The van der Waals surface area contributed by atoms with Gasteiger partial charge in [-0.2, -0.15) is 0 Å². The molecule has 0 amide bonds. The van der Waals surface area contributed by atoms with Gasteiger partial charge in [-0.05, 0) is 36.5 Å². The van der Waals surface area contributed by atoms with Crippen LogP contribution in [0, 0.1) is 0 Å². The maximum Gasteiger partial charge on any atom is 0.187 e. The van der Waals surface area contributed by atoms with E-state index < -0.39 is 0 Å². The van der Waals surface area contributed by atoms with Gasteiger partial charge in [0.2, 0.25) is 0 Å². The van der Waals surface area contributed by atoms with Crippen molar-refractivity contribution >= 4 is 11.6 Å². The van der Waals surface area contributed by atoms with E-state index in [9.17, 15) is 9.59 Å². The third-order valence-corrected chi connectivity index (χ3v) is 4.04.